The summed E-state index contributed by atoms with van der Waals surface area (Å²) in [4.78, 5) is 37.0. The van der Waals surface area contributed by atoms with Crippen molar-refractivity contribution in [3.05, 3.63) is 123 Å². The third-order valence-corrected chi connectivity index (χ3v) is 5.67. The zero-order chi connectivity index (χ0) is 24.5. The highest BCUT2D eigenvalue weighted by molar-refractivity contribution is 6.11. The standard InChI is InChI=1S/C25H18F2N2O5/c1-34-24(31)25(17-5-3-2-4-6-17)14-19(23(30)16-9-12-20(26)21(27)13-16)22(28-25)15-7-10-18(11-8-15)29(32)33/h2-14,22,28H,1H3/t22-,25-/m0/s1. The van der Waals surface area contributed by atoms with Crippen molar-refractivity contribution >= 4 is 17.4 Å². The van der Waals surface area contributed by atoms with Gasteiger partial charge in [-0.25, -0.2) is 13.6 Å². The molecule has 4 rings (SSSR count). The van der Waals surface area contributed by atoms with Crippen molar-refractivity contribution in [1.82, 2.24) is 5.32 Å². The Morgan fingerprint density at radius 1 is 1.00 bits per heavy atom. The van der Waals surface area contributed by atoms with Gasteiger partial charge in [0, 0.05) is 23.3 Å². The molecular formula is C25H18F2N2O5. The number of esters is 1. The van der Waals surface area contributed by atoms with E-state index in [2.05, 4.69) is 5.32 Å². The summed E-state index contributed by atoms with van der Waals surface area (Å²) in [7, 11) is 1.21. The summed E-state index contributed by atoms with van der Waals surface area (Å²) < 4.78 is 32.4. The largest absolute Gasteiger partial charge is 0.467 e. The van der Waals surface area contributed by atoms with Crippen LogP contribution in [0.3, 0.4) is 0 Å². The summed E-state index contributed by atoms with van der Waals surface area (Å²) in [5.74, 6) is -3.63. The smallest absolute Gasteiger partial charge is 0.334 e. The van der Waals surface area contributed by atoms with Crippen molar-refractivity contribution in [2.45, 2.75) is 11.6 Å². The zero-order valence-electron chi connectivity index (χ0n) is 17.8. The molecule has 0 bridgehead atoms. The fourth-order valence-corrected chi connectivity index (χ4v) is 3.98. The van der Waals surface area contributed by atoms with Crippen molar-refractivity contribution in [3.8, 4) is 0 Å². The number of hydrogen-bond acceptors (Lipinski definition) is 6. The van der Waals surface area contributed by atoms with Crippen molar-refractivity contribution in [2.75, 3.05) is 7.11 Å². The summed E-state index contributed by atoms with van der Waals surface area (Å²) in [6.45, 7) is 0. The molecule has 1 aliphatic heterocycles. The molecule has 3 aromatic carbocycles. The maximum absolute atomic E-state index is 13.9. The predicted molar refractivity (Wildman–Crippen MR) is 118 cm³/mol. The van der Waals surface area contributed by atoms with Gasteiger partial charge in [-0.3, -0.25) is 20.2 Å². The number of carbonyl (C=O) groups is 2. The highest BCUT2D eigenvalue weighted by Crippen LogP contribution is 2.41. The van der Waals surface area contributed by atoms with Crippen molar-refractivity contribution in [1.29, 1.82) is 0 Å². The molecule has 0 aromatic heterocycles. The number of ether oxygens (including phenoxy) is 1. The van der Waals surface area contributed by atoms with Gasteiger partial charge >= 0.3 is 5.97 Å². The Hall–Kier alpha value is -4.24. The summed E-state index contributed by atoms with van der Waals surface area (Å²) in [5, 5.41) is 14.2. The van der Waals surface area contributed by atoms with Gasteiger partial charge in [0.25, 0.3) is 5.69 Å². The molecule has 1 N–H and O–H groups in total. The third-order valence-electron chi connectivity index (χ3n) is 5.67. The van der Waals surface area contributed by atoms with Crippen LogP contribution in [0.2, 0.25) is 0 Å². The molecule has 0 aliphatic carbocycles. The highest BCUT2D eigenvalue weighted by Gasteiger charge is 2.48. The number of halogens is 2. The lowest BCUT2D eigenvalue weighted by Gasteiger charge is -2.28. The Morgan fingerprint density at radius 3 is 2.26 bits per heavy atom. The summed E-state index contributed by atoms with van der Waals surface area (Å²) in [5.41, 5.74) is -0.814. The molecule has 0 unspecified atom stereocenters. The first kappa shape index (κ1) is 22.9. The second kappa shape index (κ2) is 8.95. The summed E-state index contributed by atoms with van der Waals surface area (Å²) >= 11 is 0. The van der Waals surface area contributed by atoms with Gasteiger partial charge in [-0.15, -0.1) is 0 Å². The van der Waals surface area contributed by atoms with Crippen LogP contribution in [0.25, 0.3) is 0 Å². The second-order valence-electron chi connectivity index (χ2n) is 7.65. The van der Waals surface area contributed by atoms with E-state index >= 15 is 0 Å². The van der Waals surface area contributed by atoms with Crippen LogP contribution < -0.4 is 5.32 Å². The monoisotopic (exact) mass is 464 g/mol. The molecule has 0 saturated heterocycles. The molecule has 0 spiro atoms. The van der Waals surface area contributed by atoms with E-state index in [0.717, 1.165) is 18.2 Å². The minimum Gasteiger partial charge on any atom is -0.467 e. The topological polar surface area (TPSA) is 98.5 Å². The van der Waals surface area contributed by atoms with Gasteiger partial charge in [-0.1, -0.05) is 42.5 Å². The minimum atomic E-state index is -1.56. The first-order valence-corrected chi connectivity index (χ1v) is 10.2. The Kier molecular flexibility index (Phi) is 6.04. The van der Waals surface area contributed by atoms with E-state index in [1.54, 1.807) is 30.3 Å². The first-order valence-electron chi connectivity index (χ1n) is 10.2. The number of nitrogens with one attached hydrogen (secondary N) is 1. The number of benzene rings is 3. The van der Waals surface area contributed by atoms with Crippen LogP contribution >= 0.6 is 0 Å². The van der Waals surface area contributed by atoms with E-state index in [1.165, 1.54) is 37.5 Å². The zero-order valence-corrected chi connectivity index (χ0v) is 17.8. The Balaban J connectivity index is 1.88. The second-order valence-corrected chi connectivity index (χ2v) is 7.65. The van der Waals surface area contributed by atoms with Crippen LogP contribution in [-0.4, -0.2) is 23.8 Å². The van der Waals surface area contributed by atoms with E-state index in [0.29, 0.717) is 11.1 Å². The van der Waals surface area contributed by atoms with E-state index in [9.17, 15) is 28.5 Å². The number of non-ortho nitro benzene ring substituents is 1. The van der Waals surface area contributed by atoms with Gasteiger partial charge in [-0.2, -0.15) is 0 Å². The normalized spacial score (nSPS) is 19.4. The molecule has 3 aromatic rings. The number of Topliss-reactive ketones (excluding diaryl/α,β-unsaturated/α-hetero) is 1. The Labute approximate surface area is 192 Å². The Bertz CT molecular complexity index is 1310. The fourth-order valence-electron chi connectivity index (χ4n) is 3.98. The number of nitro benzene ring substituents is 1. The lowest BCUT2D eigenvalue weighted by atomic mass is 9.89. The van der Waals surface area contributed by atoms with Crippen LogP contribution in [-0.2, 0) is 15.1 Å². The summed E-state index contributed by atoms with van der Waals surface area (Å²) in [6.07, 6.45) is 1.41. The predicted octanol–water partition coefficient (Wildman–Crippen LogP) is 4.40. The molecule has 7 nitrogen and oxygen atoms in total. The molecule has 172 valence electrons. The maximum atomic E-state index is 13.9. The van der Waals surface area contributed by atoms with E-state index in [4.69, 9.17) is 4.74 Å². The van der Waals surface area contributed by atoms with Crippen LogP contribution in [0.15, 0.2) is 84.4 Å². The van der Waals surface area contributed by atoms with Crippen molar-refractivity contribution < 1.29 is 28.0 Å². The quantitative estimate of drug-likeness (QED) is 0.251. The van der Waals surface area contributed by atoms with Crippen LogP contribution in [0.5, 0.6) is 0 Å². The number of rotatable bonds is 6. The lowest BCUT2D eigenvalue weighted by Crippen LogP contribution is -2.46. The van der Waals surface area contributed by atoms with Crippen molar-refractivity contribution in [2.24, 2.45) is 0 Å². The Morgan fingerprint density at radius 2 is 1.68 bits per heavy atom. The molecule has 2 atom stereocenters. The van der Waals surface area contributed by atoms with Gasteiger partial charge in [0.1, 0.15) is 0 Å². The molecule has 0 amide bonds. The number of nitro groups is 1. The number of methoxy groups -OCH3 is 1. The van der Waals surface area contributed by atoms with Gasteiger partial charge in [0.05, 0.1) is 18.1 Å². The average molecular weight is 464 g/mol. The number of nitrogens with zero attached hydrogens (tertiary/aromatic N) is 1. The first-order chi connectivity index (χ1) is 16.3. The lowest BCUT2D eigenvalue weighted by molar-refractivity contribution is -0.384. The van der Waals surface area contributed by atoms with Crippen LogP contribution in [0.4, 0.5) is 14.5 Å². The number of carbonyl (C=O) groups excluding carboxylic acids is 2. The molecule has 0 saturated carbocycles. The molecule has 1 heterocycles. The highest BCUT2D eigenvalue weighted by atomic mass is 19.2. The fraction of sp³-hybridized carbons (Fsp3) is 0.120. The van der Waals surface area contributed by atoms with E-state index in [-0.39, 0.29) is 16.8 Å². The molecule has 1 aliphatic rings. The van der Waals surface area contributed by atoms with E-state index in [1.807, 2.05) is 0 Å². The SMILES string of the molecule is COC(=O)[C@@]1(c2ccccc2)C=C(C(=O)c2ccc(F)c(F)c2)[C@H](c2ccc([N+](=O)[O-])cc2)N1. The molecular weight excluding hydrogens is 446 g/mol. The van der Waals surface area contributed by atoms with Gasteiger partial charge in [-0.05, 0) is 35.4 Å². The number of ketones is 1. The molecule has 34 heavy (non-hydrogen) atoms. The van der Waals surface area contributed by atoms with Crippen LogP contribution in [0.1, 0.15) is 27.5 Å². The molecule has 0 fully saturated rings. The third kappa shape index (κ3) is 3.97. The van der Waals surface area contributed by atoms with Gasteiger partial charge < -0.3 is 4.74 Å². The average Bonchev–Trinajstić information content (AvgIpc) is 3.27. The van der Waals surface area contributed by atoms with Gasteiger partial charge in [0.2, 0.25) is 0 Å². The van der Waals surface area contributed by atoms with Gasteiger partial charge in [0.15, 0.2) is 23.0 Å². The minimum absolute atomic E-state index is 0.0779. The molecule has 0 radical (unpaired) electrons. The summed E-state index contributed by atoms with van der Waals surface area (Å²) in [6, 6.07) is 15.9. The molecule has 9 heteroatoms. The maximum Gasteiger partial charge on any atom is 0.334 e. The van der Waals surface area contributed by atoms with Crippen molar-refractivity contribution in [3.63, 3.8) is 0 Å². The van der Waals surface area contributed by atoms with E-state index < -0.39 is 39.9 Å². The number of hydrogen-bond donors (Lipinski definition) is 1. The van der Waals surface area contributed by atoms with Crippen LogP contribution in [0, 0.1) is 21.7 Å².